The minimum atomic E-state index is 0.707. The topological polar surface area (TPSA) is 47.1 Å². The maximum atomic E-state index is 5.66. The highest BCUT2D eigenvalue weighted by molar-refractivity contribution is 5.63. The first-order valence-corrected chi connectivity index (χ1v) is 5.74. The van der Waals surface area contributed by atoms with Crippen LogP contribution in [0.3, 0.4) is 0 Å². The highest BCUT2D eigenvalue weighted by Gasteiger charge is 2.11. The predicted molar refractivity (Wildman–Crippen MR) is 64.4 cm³/mol. The van der Waals surface area contributed by atoms with Gasteiger partial charge in [-0.3, -0.25) is 0 Å². The summed E-state index contributed by atoms with van der Waals surface area (Å²) in [6.45, 7) is 3.36. The lowest BCUT2D eigenvalue weighted by Crippen LogP contribution is -1.97. The third-order valence-electron chi connectivity index (χ3n) is 2.76. The summed E-state index contributed by atoms with van der Waals surface area (Å²) in [4.78, 5) is 7.40. The Balaban J connectivity index is 2.00. The maximum Gasteiger partial charge on any atom is 0.161 e. The maximum absolute atomic E-state index is 5.66. The summed E-state index contributed by atoms with van der Waals surface area (Å²) in [5, 5.41) is 0. The van der Waals surface area contributed by atoms with Crippen molar-refractivity contribution in [3.63, 3.8) is 0 Å². The summed E-state index contributed by atoms with van der Waals surface area (Å²) in [5.74, 6) is 2.54. The van der Waals surface area contributed by atoms with Crippen LogP contribution >= 0.6 is 0 Å². The quantitative estimate of drug-likeness (QED) is 0.819. The smallest absolute Gasteiger partial charge is 0.161 e. The van der Waals surface area contributed by atoms with Crippen LogP contribution in [0.5, 0.6) is 11.5 Å². The summed E-state index contributed by atoms with van der Waals surface area (Å²) in [6.07, 6.45) is 2.75. The van der Waals surface area contributed by atoms with Crippen LogP contribution in [0.1, 0.15) is 12.2 Å². The molecule has 0 atom stereocenters. The summed E-state index contributed by atoms with van der Waals surface area (Å²) in [6, 6.07) is 5.96. The molecule has 3 rings (SSSR count). The fourth-order valence-electron chi connectivity index (χ4n) is 1.90. The molecule has 0 amide bonds. The molecular formula is C13H14N2O2. The number of nitrogens with zero attached hydrogens (tertiary/aromatic N) is 1. The Bertz CT molecular complexity index is 534. The van der Waals surface area contributed by atoms with Crippen LogP contribution in [0.15, 0.2) is 24.4 Å². The molecule has 17 heavy (non-hydrogen) atoms. The van der Waals surface area contributed by atoms with Gasteiger partial charge in [-0.2, -0.15) is 0 Å². The van der Waals surface area contributed by atoms with Gasteiger partial charge in [0.1, 0.15) is 5.82 Å². The van der Waals surface area contributed by atoms with Crippen LogP contribution in [0.25, 0.3) is 11.3 Å². The van der Waals surface area contributed by atoms with Crippen molar-refractivity contribution in [1.82, 2.24) is 9.97 Å². The van der Waals surface area contributed by atoms with Gasteiger partial charge in [-0.25, -0.2) is 4.98 Å². The van der Waals surface area contributed by atoms with Crippen molar-refractivity contribution < 1.29 is 9.47 Å². The van der Waals surface area contributed by atoms with E-state index >= 15 is 0 Å². The normalized spacial score (nSPS) is 14.4. The second kappa shape index (κ2) is 4.13. The third kappa shape index (κ3) is 1.98. The number of hydrogen-bond acceptors (Lipinski definition) is 3. The molecular weight excluding hydrogens is 216 g/mol. The highest BCUT2D eigenvalue weighted by Crippen LogP contribution is 2.33. The van der Waals surface area contributed by atoms with Gasteiger partial charge in [0.15, 0.2) is 11.5 Å². The van der Waals surface area contributed by atoms with Gasteiger partial charge in [0.05, 0.1) is 25.1 Å². The molecule has 88 valence electrons. The van der Waals surface area contributed by atoms with E-state index in [9.17, 15) is 0 Å². The fourth-order valence-corrected chi connectivity index (χ4v) is 1.90. The summed E-state index contributed by atoms with van der Waals surface area (Å²) in [5.41, 5.74) is 2.06. The number of rotatable bonds is 1. The van der Waals surface area contributed by atoms with Crippen LogP contribution in [0.4, 0.5) is 0 Å². The zero-order valence-electron chi connectivity index (χ0n) is 9.69. The molecule has 0 radical (unpaired) electrons. The molecule has 2 aromatic rings. The summed E-state index contributed by atoms with van der Waals surface area (Å²) >= 11 is 0. The van der Waals surface area contributed by atoms with Gasteiger partial charge < -0.3 is 14.5 Å². The number of benzene rings is 1. The number of H-pyrrole nitrogens is 1. The van der Waals surface area contributed by atoms with E-state index in [0.29, 0.717) is 6.61 Å². The number of ether oxygens (including phenoxy) is 2. The number of aromatic nitrogens is 2. The highest BCUT2D eigenvalue weighted by atomic mass is 16.5. The fraction of sp³-hybridized carbons (Fsp3) is 0.308. The van der Waals surface area contributed by atoms with Crippen molar-refractivity contribution in [2.24, 2.45) is 0 Å². The van der Waals surface area contributed by atoms with Gasteiger partial charge in [0, 0.05) is 12.0 Å². The van der Waals surface area contributed by atoms with Crippen molar-refractivity contribution in [3.8, 4) is 22.8 Å². The predicted octanol–water partition coefficient (Wildman–Crippen LogP) is 2.55. The molecule has 1 aliphatic heterocycles. The number of aromatic amines is 1. The molecule has 4 nitrogen and oxygen atoms in total. The molecule has 0 spiro atoms. The number of imidazole rings is 1. The molecule has 0 saturated heterocycles. The number of nitrogens with one attached hydrogen (secondary N) is 1. The van der Waals surface area contributed by atoms with Crippen molar-refractivity contribution in [1.29, 1.82) is 0 Å². The van der Waals surface area contributed by atoms with E-state index in [0.717, 1.165) is 41.6 Å². The van der Waals surface area contributed by atoms with Gasteiger partial charge in [0.2, 0.25) is 0 Å². The standard InChI is InChI=1S/C13H14N2O2/c1-9-14-8-11(15-9)10-3-4-12-13(7-10)17-6-2-5-16-12/h3-4,7-8H,2,5-6H2,1H3,(H,14,15). The van der Waals surface area contributed by atoms with Crippen LogP contribution in [-0.2, 0) is 0 Å². The molecule has 0 unspecified atom stereocenters. The van der Waals surface area contributed by atoms with Crippen LogP contribution < -0.4 is 9.47 Å². The molecule has 0 fully saturated rings. The molecule has 2 heterocycles. The Morgan fingerprint density at radius 1 is 1.18 bits per heavy atom. The first-order chi connectivity index (χ1) is 8.33. The monoisotopic (exact) mass is 230 g/mol. The minimum absolute atomic E-state index is 0.707. The van der Waals surface area contributed by atoms with Gasteiger partial charge >= 0.3 is 0 Å². The Labute approximate surface area is 99.6 Å². The van der Waals surface area contributed by atoms with Crippen molar-refractivity contribution in [3.05, 3.63) is 30.2 Å². The molecule has 1 aliphatic rings. The SMILES string of the molecule is Cc1ncc(-c2ccc3c(c2)OCCCO3)[nH]1. The molecule has 1 aromatic carbocycles. The van der Waals surface area contributed by atoms with E-state index in [2.05, 4.69) is 9.97 Å². The molecule has 1 N–H and O–H groups in total. The molecule has 0 saturated carbocycles. The van der Waals surface area contributed by atoms with Gasteiger partial charge in [-0.1, -0.05) is 0 Å². The van der Waals surface area contributed by atoms with Crippen molar-refractivity contribution in [2.75, 3.05) is 13.2 Å². The largest absolute Gasteiger partial charge is 0.490 e. The Kier molecular flexibility index (Phi) is 2.48. The minimum Gasteiger partial charge on any atom is -0.490 e. The lowest BCUT2D eigenvalue weighted by Gasteiger charge is -2.08. The Morgan fingerprint density at radius 3 is 2.76 bits per heavy atom. The van der Waals surface area contributed by atoms with E-state index in [1.54, 1.807) is 0 Å². The molecule has 4 heteroatoms. The zero-order chi connectivity index (χ0) is 11.7. The van der Waals surface area contributed by atoms with E-state index in [1.165, 1.54) is 0 Å². The zero-order valence-corrected chi connectivity index (χ0v) is 9.69. The first-order valence-electron chi connectivity index (χ1n) is 5.74. The molecule has 0 aliphatic carbocycles. The second-order valence-electron chi connectivity index (χ2n) is 4.09. The van der Waals surface area contributed by atoms with Crippen molar-refractivity contribution in [2.45, 2.75) is 13.3 Å². The molecule has 1 aromatic heterocycles. The van der Waals surface area contributed by atoms with Gasteiger partial charge in [0.25, 0.3) is 0 Å². The van der Waals surface area contributed by atoms with E-state index in [1.807, 2.05) is 31.3 Å². The van der Waals surface area contributed by atoms with Gasteiger partial charge in [-0.15, -0.1) is 0 Å². The lowest BCUT2D eigenvalue weighted by molar-refractivity contribution is 0.297. The van der Waals surface area contributed by atoms with E-state index < -0.39 is 0 Å². The average Bonchev–Trinajstić information content (AvgIpc) is 2.64. The van der Waals surface area contributed by atoms with Crippen LogP contribution in [0, 0.1) is 6.92 Å². The first kappa shape index (κ1) is 10.2. The summed E-state index contributed by atoms with van der Waals surface area (Å²) in [7, 11) is 0. The molecule has 0 bridgehead atoms. The van der Waals surface area contributed by atoms with E-state index in [-0.39, 0.29) is 0 Å². The van der Waals surface area contributed by atoms with Crippen LogP contribution in [-0.4, -0.2) is 23.2 Å². The number of fused-ring (bicyclic) bond motifs is 1. The van der Waals surface area contributed by atoms with Crippen LogP contribution in [0.2, 0.25) is 0 Å². The van der Waals surface area contributed by atoms with Crippen molar-refractivity contribution >= 4 is 0 Å². The Morgan fingerprint density at radius 2 is 2.00 bits per heavy atom. The average molecular weight is 230 g/mol. The van der Waals surface area contributed by atoms with Gasteiger partial charge in [-0.05, 0) is 25.1 Å². The summed E-state index contributed by atoms with van der Waals surface area (Å²) < 4.78 is 11.3. The third-order valence-corrected chi connectivity index (χ3v) is 2.76. The second-order valence-corrected chi connectivity index (χ2v) is 4.09. The number of hydrogen-bond donors (Lipinski definition) is 1. The lowest BCUT2D eigenvalue weighted by atomic mass is 10.1. The number of aryl methyl sites for hydroxylation is 1. The Hall–Kier alpha value is -1.97. The van der Waals surface area contributed by atoms with E-state index in [4.69, 9.17) is 9.47 Å².